The second-order valence-corrected chi connectivity index (χ2v) is 7.34. The van der Waals surface area contributed by atoms with Gasteiger partial charge < -0.3 is 19.7 Å². The normalized spacial score (nSPS) is 13.3. The number of hydrogen-bond acceptors (Lipinski definition) is 5. The Morgan fingerprint density at radius 3 is 2.53 bits per heavy atom. The van der Waals surface area contributed by atoms with E-state index in [0.29, 0.717) is 33.9 Å². The number of alkyl halides is 2. The van der Waals surface area contributed by atoms with E-state index in [1.165, 1.54) is 12.1 Å². The smallest absolute Gasteiger partial charge is 0.387 e. The fourth-order valence-electron chi connectivity index (χ4n) is 3.76. The number of nitrogens with one attached hydrogen (secondary N) is 1. The van der Waals surface area contributed by atoms with Crippen LogP contribution >= 0.6 is 0 Å². The lowest BCUT2D eigenvalue weighted by Gasteiger charge is -2.19. The van der Waals surface area contributed by atoms with Crippen molar-refractivity contribution in [3.63, 3.8) is 0 Å². The first-order valence-corrected chi connectivity index (χ1v) is 10.3. The number of ether oxygens (including phenoxy) is 2. The molecule has 1 aliphatic rings. The van der Waals surface area contributed by atoms with Crippen LogP contribution in [-0.2, 0) is 0 Å². The average Bonchev–Trinajstić information content (AvgIpc) is 3.35. The second kappa shape index (κ2) is 9.64. The van der Waals surface area contributed by atoms with Gasteiger partial charge in [-0.05, 0) is 60.9 Å². The Bertz CT molecular complexity index is 1080. The molecule has 0 bridgehead atoms. The molecule has 0 radical (unpaired) electrons. The molecule has 8 heteroatoms. The van der Waals surface area contributed by atoms with Crippen molar-refractivity contribution >= 4 is 17.4 Å². The Kier molecular flexibility index (Phi) is 6.49. The minimum atomic E-state index is -2.97. The van der Waals surface area contributed by atoms with E-state index in [2.05, 4.69) is 15.2 Å². The minimum absolute atomic E-state index is 0.0160. The summed E-state index contributed by atoms with van der Waals surface area (Å²) in [5.41, 5.74) is 2.00. The standard InChI is InChI=1S/C24H23F2N3O3/c1-31-18-9-6-16(7-10-18)20-15-17(8-11-21(20)32-24(25)26)28-23(30)19-5-4-12-27-22(19)29-13-2-3-14-29/h4-12,15,24H,2-3,13-14H2,1H3,(H,28,30). The predicted octanol–water partition coefficient (Wildman–Crippen LogP) is 5.21. The van der Waals surface area contributed by atoms with Crippen molar-refractivity contribution in [1.82, 2.24) is 4.98 Å². The maximum Gasteiger partial charge on any atom is 0.387 e. The van der Waals surface area contributed by atoms with Crippen molar-refractivity contribution in [3.8, 4) is 22.6 Å². The van der Waals surface area contributed by atoms with Crippen molar-refractivity contribution < 1.29 is 23.0 Å². The average molecular weight is 439 g/mol. The van der Waals surface area contributed by atoms with Gasteiger partial charge >= 0.3 is 6.61 Å². The lowest BCUT2D eigenvalue weighted by atomic mass is 10.0. The first-order valence-electron chi connectivity index (χ1n) is 10.3. The van der Waals surface area contributed by atoms with Gasteiger partial charge in [-0.15, -0.1) is 0 Å². The summed E-state index contributed by atoms with van der Waals surface area (Å²) in [7, 11) is 1.55. The molecule has 2 aromatic carbocycles. The van der Waals surface area contributed by atoms with Crippen LogP contribution in [0, 0.1) is 0 Å². The fourth-order valence-corrected chi connectivity index (χ4v) is 3.76. The third-order valence-corrected chi connectivity index (χ3v) is 5.29. The van der Waals surface area contributed by atoms with E-state index in [1.54, 1.807) is 55.8 Å². The predicted molar refractivity (Wildman–Crippen MR) is 119 cm³/mol. The van der Waals surface area contributed by atoms with Crippen molar-refractivity contribution in [2.75, 3.05) is 30.4 Å². The zero-order chi connectivity index (χ0) is 22.5. The number of carbonyl (C=O) groups excluding carboxylic acids is 1. The zero-order valence-corrected chi connectivity index (χ0v) is 17.6. The Morgan fingerprint density at radius 1 is 1.09 bits per heavy atom. The van der Waals surface area contributed by atoms with Crippen molar-refractivity contribution in [2.45, 2.75) is 19.5 Å². The summed E-state index contributed by atoms with van der Waals surface area (Å²) in [6.45, 7) is -1.25. The highest BCUT2D eigenvalue weighted by atomic mass is 19.3. The monoisotopic (exact) mass is 439 g/mol. The Labute approximate surface area is 184 Å². The highest BCUT2D eigenvalue weighted by Crippen LogP contribution is 2.35. The Balaban J connectivity index is 1.63. The molecule has 1 fully saturated rings. The van der Waals surface area contributed by atoms with Crippen molar-refractivity contribution in [3.05, 3.63) is 66.4 Å². The number of hydrogen-bond donors (Lipinski definition) is 1. The first kappa shape index (κ1) is 21.5. The van der Waals surface area contributed by atoms with Gasteiger partial charge in [-0.3, -0.25) is 4.79 Å². The van der Waals surface area contributed by atoms with Crippen LogP contribution in [0.3, 0.4) is 0 Å². The summed E-state index contributed by atoms with van der Waals surface area (Å²) in [6.07, 6.45) is 3.80. The molecule has 1 N–H and O–H groups in total. The summed E-state index contributed by atoms with van der Waals surface area (Å²) in [5.74, 6) is 0.988. The second-order valence-electron chi connectivity index (χ2n) is 7.34. The molecule has 3 aromatic rings. The molecule has 0 spiro atoms. The van der Waals surface area contributed by atoms with Crippen LogP contribution in [-0.4, -0.2) is 37.7 Å². The number of rotatable bonds is 7. The SMILES string of the molecule is COc1ccc(-c2cc(NC(=O)c3cccnc3N3CCCC3)ccc2OC(F)F)cc1. The van der Waals surface area contributed by atoms with Crippen LogP contribution < -0.4 is 19.7 Å². The number of benzene rings is 2. The molecule has 32 heavy (non-hydrogen) atoms. The lowest BCUT2D eigenvalue weighted by Crippen LogP contribution is -2.24. The number of carbonyl (C=O) groups is 1. The molecular weight excluding hydrogens is 416 g/mol. The largest absolute Gasteiger partial charge is 0.497 e. The highest BCUT2D eigenvalue weighted by molar-refractivity contribution is 6.07. The van der Waals surface area contributed by atoms with E-state index in [1.807, 2.05) is 0 Å². The van der Waals surface area contributed by atoms with Crippen LogP contribution in [0.4, 0.5) is 20.3 Å². The minimum Gasteiger partial charge on any atom is -0.497 e. The van der Waals surface area contributed by atoms with Gasteiger partial charge in [0, 0.05) is 30.5 Å². The molecule has 0 saturated carbocycles. The number of anilines is 2. The molecular formula is C24H23F2N3O3. The van der Waals surface area contributed by atoms with Gasteiger partial charge in [0.1, 0.15) is 17.3 Å². The zero-order valence-electron chi connectivity index (χ0n) is 17.6. The van der Waals surface area contributed by atoms with Crippen LogP contribution in [0.15, 0.2) is 60.8 Å². The van der Waals surface area contributed by atoms with Gasteiger partial charge in [-0.25, -0.2) is 4.98 Å². The summed E-state index contributed by atoms with van der Waals surface area (Å²) >= 11 is 0. The maximum absolute atomic E-state index is 13.0. The van der Waals surface area contributed by atoms with E-state index in [-0.39, 0.29) is 11.7 Å². The molecule has 1 amide bonds. The first-order chi connectivity index (χ1) is 15.5. The van der Waals surface area contributed by atoms with Crippen LogP contribution in [0.25, 0.3) is 11.1 Å². The van der Waals surface area contributed by atoms with E-state index in [4.69, 9.17) is 9.47 Å². The van der Waals surface area contributed by atoms with Crippen LogP contribution in [0.1, 0.15) is 23.2 Å². The molecule has 0 aliphatic carbocycles. The molecule has 166 valence electrons. The number of nitrogens with zero attached hydrogens (tertiary/aromatic N) is 2. The van der Waals surface area contributed by atoms with Gasteiger partial charge in [0.25, 0.3) is 5.91 Å². The van der Waals surface area contributed by atoms with Gasteiger partial charge in [-0.2, -0.15) is 8.78 Å². The van der Waals surface area contributed by atoms with Crippen LogP contribution in [0.5, 0.6) is 11.5 Å². The third kappa shape index (κ3) is 4.80. The number of methoxy groups -OCH3 is 1. The molecule has 0 atom stereocenters. The number of aromatic nitrogens is 1. The van der Waals surface area contributed by atoms with Crippen molar-refractivity contribution in [1.29, 1.82) is 0 Å². The lowest BCUT2D eigenvalue weighted by molar-refractivity contribution is -0.0494. The fraction of sp³-hybridized carbons (Fsp3) is 0.250. The maximum atomic E-state index is 13.0. The van der Waals surface area contributed by atoms with E-state index < -0.39 is 6.61 Å². The number of amides is 1. The summed E-state index contributed by atoms with van der Waals surface area (Å²) in [4.78, 5) is 19.5. The van der Waals surface area contributed by atoms with Crippen LogP contribution in [0.2, 0.25) is 0 Å². The topological polar surface area (TPSA) is 63.7 Å². The quantitative estimate of drug-likeness (QED) is 0.548. The van der Waals surface area contributed by atoms with E-state index in [9.17, 15) is 13.6 Å². The van der Waals surface area contributed by atoms with Gasteiger partial charge in [0.15, 0.2) is 0 Å². The third-order valence-electron chi connectivity index (χ3n) is 5.29. The van der Waals surface area contributed by atoms with Gasteiger partial charge in [0.05, 0.1) is 12.7 Å². The summed E-state index contributed by atoms with van der Waals surface area (Å²) in [5, 5.41) is 2.86. The van der Waals surface area contributed by atoms with E-state index in [0.717, 1.165) is 25.9 Å². The molecule has 6 nitrogen and oxygen atoms in total. The molecule has 1 aromatic heterocycles. The Hall–Kier alpha value is -3.68. The molecule has 2 heterocycles. The van der Waals surface area contributed by atoms with E-state index >= 15 is 0 Å². The summed E-state index contributed by atoms with van der Waals surface area (Å²) < 4.78 is 35.7. The number of pyridine rings is 1. The summed E-state index contributed by atoms with van der Waals surface area (Å²) in [6, 6.07) is 15.0. The molecule has 1 aliphatic heterocycles. The molecule has 1 saturated heterocycles. The molecule has 0 unspecified atom stereocenters. The van der Waals surface area contributed by atoms with Gasteiger partial charge in [0.2, 0.25) is 0 Å². The number of halogens is 2. The Morgan fingerprint density at radius 2 is 1.84 bits per heavy atom. The van der Waals surface area contributed by atoms with Crippen molar-refractivity contribution in [2.24, 2.45) is 0 Å². The molecule has 4 rings (SSSR count). The highest BCUT2D eigenvalue weighted by Gasteiger charge is 2.21. The van der Waals surface area contributed by atoms with Gasteiger partial charge in [-0.1, -0.05) is 12.1 Å².